The van der Waals surface area contributed by atoms with Crippen molar-refractivity contribution in [1.82, 2.24) is 5.32 Å². The molecule has 1 saturated heterocycles. The third kappa shape index (κ3) is 4.13. The number of hydrogen-bond donors (Lipinski definition) is 2. The molecule has 5 heteroatoms. The van der Waals surface area contributed by atoms with Crippen molar-refractivity contribution in [2.75, 3.05) is 20.2 Å². The number of nitrogens with one attached hydrogen (secondary N) is 1. The van der Waals surface area contributed by atoms with E-state index in [0.29, 0.717) is 0 Å². The molecule has 70 valence electrons. The van der Waals surface area contributed by atoms with Gasteiger partial charge in [-0.2, -0.15) is 0 Å². The number of halogens is 2. The molecule has 3 N–H and O–H groups in total. The molecule has 0 bridgehead atoms. The lowest BCUT2D eigenvalue weighted by Crippen LogP contribution is -2.49. The second-order valence-corrected chi connectivity index (χ2v) is 2.43. The van der Waals surface area contributed by atoms with Gasteiger partial charge in [0.25, 0.3) is 0 Å². The lowest BCUT2D eigenvalue weighted by Gasteiger charge is -2.27. The first kappa shape index (κ1) is 14.0. The van der Waals surface area contributed by atoms with Gasteiger partial charge in [-0.1, -0.05) is 0 Å². The van der Waals surface area contributed by atoms with Gasteiger partial charge in [0.2, 0.25) is 0 Å². The summed E-state index contributed by atoms with van der Waals surface area (Å²) in [7, 11) is 1.71. The first-order valence-corrected chi connectivity index (χ1v) is 3.33. The zero-order valence-electron chi connectivity index (χ0n) is 6.58. The fourth-order valence-electron chi connectivity index (χ4n) is 1.11. The van der Waals surface area contributed by atoms with Crippen LogP contribution in [-0.4, -0.2) is 32.3 Å². The van der Waals surface area contributed by atoms with Crippen molar-refractivity contribution in [2.45, 2.75) is 18.6 Å². The highest BCUT2D eigenvalue weighted by Crippen LogP contribution is 2.02. The van der Waals surface area contributed by atoms with Crippen LogP contribution in [0, 0.1) is 0 Å². The molecule has 0 aromatic carbocycles. The van der Waals surface area contributed by atoms with Gasteiger partial charge < -0.3 is 15.8 Å². The summed E-state index contributed by atoms with van der Waals surface area (Å²) in [5, 5.41) is 3.21. The van der Waals surface area contributed by atoms with E-state index in [1.54, 1.807) is 7.11 Å². The summed E-state index contributed by atoms with van der Waals surface area (Å²) in [6, 6.07) is 0.233. The Morgan fingerprint density at radius 3 is 2.45 bits per heavy atom. The third-order valence-corrected chi connectivity index (χ3v) is 1.78. The van der Waals surface area contributed by atoms with Gasteiger partial charge in [-0.25, -0.2) is 0 Å². The van der Waals surface area contributed by atoms with Gasteiger partial charge in [0, 0.05) is 19.7 Å². The maximum atomic E-state index is 5.72. The Kier molecular flexibility index (Phi) is 9.08. The van der Waals surface area contributed by atoms with Crippen LogP contribution in [0.5, 0.6) is 0 Å². The summed E-state index contributed by atoms with van der Waals surface area (Å²) in [5.41, 5.74) is 5.72. The van der Waals surface area contributed by atoms with Crippen molar-refractivity contribution >= 4 is 24.8 Å². The van der Waals surface area contributed by atoms with Crippen LogP contribution in [0.15, 0.2) is 0 Å². The molecule has 0 aromatic heterocycles. The molecule has 0 saturated carbocycles. The lowest BCUT2D eigenvalue weighted by atomic mass is 10.1. The quantitative estimate of drug-likeness (QED) is 0.638. The van der Waals surface area contributed by atoms with Crippen molar-refractivity contribution < 1.29 is 4.74 Å². The minimum atomic E-state index is 0. The average molecular weight is 203 g/mol. The molecule has 2 atom stereocenters. The molecule has 0 aliphatic carbocycles. The van der Waals surface area contributed by atoms with E-state index < -0.39 is 0 Å². The Bertz CT molecular complexity index is 94.7. The average Bonchev–Trinajstić information content (AvgIpc) is 1.89. The van der Waals surface area contributed by atoms with E-state index >= 15 is 0 Å². The molecule has 0 aromatic rings. The van der Waals surface area contributed by atoms with Gasteiger partial charge >= 0.3 is 0 Å². The highest BCUT2D eigenvalue weighted by atomic mass is 35.5. The number of methoxy groups -OCH3 is 1. The molecule has 1 aliphatic rings. The Labute approximate surface area is 79.9 Å². The first-order valence-electron chi connectivity index (χ1n) is 3.33. The van der Waals surface area contributed by atoms with Gasteiger partial charge in [-0.3, -0.25) is 0 Å². The Morgan fingerprint density at radius 2 is 2.09 bits per heavy atom. The minimum Gasteiger partial charge on any atom is -0.379 e. The molecule has 0 radical (unpaired) electrons. The highest BCUT2D eigenvalue weighted by Gasteiger charge is 2.19. The van der Waals surface area contributed by atoms with Crippen molar-refractivity contribution in [1.29, 1.82) is 0 Å². The molecule has 1 heterocycles. The van der Waals surface area contributed by atoms with Crippen molar-refractivity contribution in [2.24, 2.45) is 5.73 Å². The van der Waals surface area contributed by atoms with E-state index in [0.717, 1.165) is 19.5 Å². The lowest BCUT2D eigenvalue weighted by molar-refractivity contribution is 0.0646. The molecule has 1 rings (SSSR count). The normalized spacial score (nSPS) is 30.0. The van der Waals surface area contributed by atoms with E-state index in [1.165, 1.54) is 0 Å². The van der Waals surface area contributed by atoms with Gasteiger partial charge in [0.05, 0.1) is 6.10 Å². The molecule has 1 fully saturated rings. The summed E-state index contributed by atoms with van der Waals surface area (Å²) in [4.78, 5) is 0. The zero-order valence-corrected chi connectivity index (χ0v) is 8.21. The van der Waals surface area contributed by atoms with Crippen LogP contribution in [0.2, 0.25) is 0 Å². The van der Waals surface area contributed by atoms with Crippen molar-refractivity contribution in [3.63, 3.8) is 0 Å². The fourth-order valence-corrected chi connectivity index (χ4v) is 1.11. The number of hydrogen-bond acceptors (Lipinski definition) is 3. The number of ether oxygens (including phenoxy) is 1. The maximum absolute atomic E-state index is 5.72. The summed E-state index contributed by atoms with van der Waals surface area (Å²) in [5.74, 6) is 0. The van der Waals surface area contributed by atoms with Crippen LogP contribution >= 0.6 is 24.8 Å². The Morgan fingerprint density at radius 1 is 1.45 bits per heavy atom. The monoisotopic (exact) mass is 202 g/mol. The first-order chi connectivity index (χ1) is 4.34. The van der Waals surface area contributed by atoms with Crippen molar-refractivity contribution in [3.05, 3.63) is 0 Å². The summed E-state index contributed by atoms with van der Waals surface area (Å²) in [6.07, 6.45) is 1.25. The summed E-state index contributed by atoms with van der Waals surface area (Å²) in [6.45, 7) is 1.93. The third-order valence-electron chi connectivity index (χ3n) is 1.78. The summed E-state index contributed by atoms with van der Waals surface area (Å²) >= 11 is 0. The second-order valence-electron chi connectivity index (χ2n) is 2.43. The number of nitrogens with two attached hydrogens (primary N) is 1. The fraction of sp³-hybridized carbons (Fsp3) is 1.00. The van der Waals surface area contributed by atoms with E-state index in [9.17, 15) is 0 Å². The van der Waals surface area contributed by atoms with E-state index in [4.69, 9.17) is 10.5 Å². The second kappa shape index (κ2) is 7.13. The van der Waals surface area contributed by atoms with Crippen molar-refractivity contribution in [3.8, 4) is 0 Å². The largest absolute Gasteiger partial charge is 0.379 e. The molecule has 0 amide bonds. The SMILES string of the molecule is CO[C@@H]1CNCC[C@@H]1N.Cl.Cl. The number of piperidine rings is 1. The molecule has 3 nitrogen and oxygen atoms in total. The van der Waals surface area contributed by atoms with E-state index in [2.05, 4.69) is 5.32 Å². The van der Waals surface area contributed by atoms with Crippen LogP contribution in [0.25, 0.3) is 0 Å². The standard InChI is InChI=1S/C6H14N2O.2ClH/c1-9-6-4-8-3-2-5(6)7;;/h5-6,8H,2-4,7H2,1H3;2*1H/t5-,6+;;/m0../s1. The molecule has 1 aliphatic heterocycles. The van der Waals surface area contributed by atoms with Gasteiger partial charge in [0.15, 0.2) is 0 Å². The minimum absolute atomic E-state index is 0. The van der Waals surface area contributed by atoms with E-state index in [1.807, 2.05) is 0 Å². The van der Waals surface area contributed by atoms with Crippen LogP contribution < -0.4 is 11.1 Å². The van der Waals surface area contributed by atoms with Gasteiger partial charge in [-0.05, 0) is 13.0 Å². The maximum Gasteiger partial charge on any atom is 0.0846 e. The number of rotatable bonds is 1. The predicted molar refractivity (Wildman–Crippen MR) is 50.8 cm³/mol. The predicted octanol–water partition coefficient (Wildman–Crippen LogP) is 0.166. The Hall–Kier alpha value is 0.460. The van der Waals surface area contributed by atoms with Gasteiger partial charge in [0.1, 0.15) is 0 Å². The Balaban J connectivity index is 0. The van der Waals surface area contributed by atoms with Crippen LogP contribution in [0.1, 0.15) is 6.42 Å². The topological polar surface area (TPSA) is 47.3 Å². The molecule has 0 spiro atoms. The van der Waals surface area contributed by atoms with Crippen LogP contribution in [0.3, 0.4) is 0 Å². The van der Waals surface area contributed by atoms with Crippen LogP contribution in [0.4, 0.5) is 0 Å². The zero-order chi connectivity index (χ0) is 6.69. The van der Waals surface area contributed by atoms with Crippen LogP contribution in [-0.2, 0) is 4.74 Å². The molecular formula is C6H16Cl2N2O. The highest BCUT2D eigenvalue weighted by molar-refractivity contribution is 5.85. The molecule has 11 heavy (non-hydrogen) atoms. The summed E-state index contributed by atoms with van der Waals surface area (Å²) < 4.78 is 5.12. The molecular weight excluding hydrogens is 187 g/mol. The van der Waals surface area contributed by atoms with E-state index in [-0.39, 0.29) is 37.0 Å². The van der Waals surface area contributed by atoms with Gasteiger partial charge in [-0.15, -0.1) is 24.8 Å². The molecule has 0 unspecified atom stereocenters. The smallest absolute Gasteiger partial charge is 0.0846 e.